The molecule has 0 saturated carbocycles. The van der Waals surface area contributed by atoms with Gasteiger partial charge >= 0.3 is 0 Å². The van der Waals surface area contributed by atoms with Crippen molar-refractivity contribution in [3.63, 3.8) is 0 Å². The molecule has 16 heavy (non-hydrogen) atoms. The Balaban J connectivity index is 2.54. The lowest BCUT2D eigenvalue weighted by Gasteiger charge is -2.15. The van der Waals surface area contributed by atoms with E-state index in [0.29, 0.717) is 10.8 Å². The van der Waals surface area contributed by atoms with Crippen molar-refractivity contribution in [2.24, 2.45) is 0 Å². The number of aliphatic hydroxyl groups excluding tert-OH is 1. The standard InChI is InChI=1S/C11H16ClNO2S/c1-7(5-6-14)13-11(15)8(2)9-3-4-10(12)16-9/h3-4,7-8,14H,5-6H2,1-2H3,(H,13,15). The fourth-order valence-electron chi connectivity index (χ4n) is 1.32. The van der Waals surface area contributed by atoms with Crippen LogP contribution in [0, 0.1) is 0 Å². The van der Waals surface area contributed by atoms with Crippen LogP contribution in [0.3, 0.4) is 0 Å². The van der Waals surface area contributed by atoms with Crippen LogP contribution in [-0.2, 0) is 4.79 Å². The molecule has 0 spiro atoms. The van der Waals surface area contributed by atoms with Crippen LogP contribution >= 0.6 is 22.9 Å². The molecular formula is C11H16ClNO2S. The Morgan fingerprint density at radius 3 is 2.75 bits per heavy atom. The highest BCUT2D eigenvalue weighted by molar-refractivity contribution is 7.16. The topological polar surface area (TPSA) is 49.3 Å². The maximum absolute atomic E-state index is 11.8. The van der Waals surface area contributed by atoms with Gasteiger partial charge < -0.3 is 10.4 Å². The molecule has 3 nitrogen and oxygen atoms in total. The summed E-state index contributed by atoms with van der Waals surface area (Å²) in [6.07, 6.45) is 0.573. The second-order valence-corrected chi connectivity index (χ2v) is 5.53. The SMILES string of the molecule is CC(CCO)NC(=O)C(C)c1ccc(Cl)s1. The Bertz CT molecular complexity index is 354. The number of thiophene rings is 1. The highest BCUT2D eigenvalue weighted by atomic mass is 35.5. The van der Waals surface area contributed by atoms with E-state index in [9.17, 15) is 4.79 Å². The monoisotopic (exact) mass is 261 g/mol. The predicted molar refractivity (Wildman–Crippen MR) is 67.1 cm³/mol. The number of hydrogen-bond donors (Lipinski definition) is 2. The van der Waals surface area contributed by atoms with Gasteiger partial charge in [-0.25, -0.2) is 0 Å². The summed E-state index contributed by atoms with van der Waals surface area (Å²) in [5.41, 5.74) is 0. The normalized spacial score (nSPS) is 14.5. The predicted octanol–water partition coefficient (Wildman–Crippen LogP) is 2.39. The van der Waals surface area contributed by atoms with Crippen LogP contribution in [0.2, 0.25) is 4.34 Å². The minimum Gasteiger partial charge on any atom is -0.396 e. The van der Waals surface area contributed by atoms with Gasteiger partial charge in [-0.3, -0.25) is 4.79 Å². The molecule has 0 aliphatic heterocycles. The Hall–Kier alpha value is -0.580. The molecule has 2 unspecified atom stereocenters. The van der Waals surface area contributed by atoms with Crippen LogP contribution in [0.25, 0.3) is 0 Å². The minimum atomic E-state index is -0.196. The third kappa shape index (κ3) is 3.77. The number of halogens is 1. The molecule has 5 heteroatoms. The molecule has 1 amide bonds. The molecule has 1 heterocycles. The third-order valence-electron chi connectivity index (χ3n) is 2.36. The zero-order valence-corrected chi connectivity index (χ0v) is 10.9. The van der Waals surface area contributed by atoms with E-state index in [1.165, 1.54) is 11.3 Å². The number of carbonyl (C=O) groups is 1. The average Bonchev–Trinajstić information content (AvgIpc) is 2.64. The van der Waals surface area contributed by atoms with Crippen LogP contribution in [0.4, 0.5) is 0 Å². The van der Waals surface area contributed by atoms with Gasteiger partial charge in [-0.1, -0.05) is 11.6 Å². The largest absolute Gasteiger partial charge is 0.396 e. The van der Waals surface area contributed by atoms with Crippen LogP contribution in [0.5, 0.6) is 0 Å². The van der Waals surface area contributed by atoms with Gasteiger partial charge in [0.15, 0.2) is 0 Å². The first kappa shape index (κ1) is 13.5. The molecule has 2 N–H and O–H groups in total. The summed E-state index contributed by atoms with van der Waals surface area (Å²) in [5.74, 6) is -0.224. The van der Waals surface area contributed by atoms with Crippen molar-refractivity contribution in [2.45, 2.75) is 32.2 Å². The summed E-state index contributed by atoms with van der Waals surface area (Å²) in [6.45, 7) is 3.81. The zero-order valence-electron chi connectivity index (χ0n) is 9.37. The van der Waals surface area contributed by atoms with Crippen LogP contribution in [0.1, 0.15) is 31.1 Å². The van der Waals surface area contributed by atoms with Gasteiger partial charge in [0.25, 0.3) is 0 Å². The summed E-state index contributed by atoms with van der Waals surface area (Å²) in [5, 5.41) is 11.6. The molecule has 0 saturated heterocycles. The lowest BCUT2D eigenvalue weighted by Crippen LogP contribution is -2.35. The Kier molecular flexibility index (Phi) is 5.25. The third-order valence-corrected chi connectivity index (χ3v) is 3.78. The molecule has 0 aromatic carbocycles. The first-order valence-corrected chi connectivity index (χ1v) is 6.40. The lowest BCUT2D eigenvalue weighted by atomic mass is 10.1. The quantitative estimate of drug-likeness (QED) is 0.855. The summed E-state index contributed by atoms with van der Waals surface area (Å²) >= 11 is 7.24. The number of nitrogens with one attached hydrogen (secondary N) is 1. The molecule has 0 aliphatic rings. The summed E-state index contributed by atoms with van der Waals surface area (Å²) in [6, 6.07) is 3.66. The molecule has 90 valence electrons. The van der Waals surface area contributed by atoms with E-state index in [-0.39, 0.29) is 24.5 Å². The Labute approximate surface area is 104 Å². The Morgan fingerprint density at radius 1 is 1.56 bits per heavy atom. The van der Waals surface area contributed by atoms with Crippen molar-refractivity contribution in [2.75, 3.05) is 6.61 Å². The molecule has 2 atom stereocenters. The van der Waals surface area contributed by atoms with Crippen molar-refractivity contribution < 1.29 is 9.90 Å². The fourth-order valence-corrected chi connectivity index (χ4v) is 2.44. The highest BCUT2D eigenvalue weighted by Gasteiger charge is 2.18. The van der Waals surface area contributed by atoms with E-state index in [4.69, 9.17) is 16.7 Å². The zero-order chi connectivity index (χ0) is 12.1. The van der Waals surface area contributed by atoms with E-state index in [1.807, 2.05) is 19.9 Å². The minimum absolute atomic E-state index is 0.00427. The maximum Gasteiger partial charge on any atom is 0.228 e. The summed E-state index contributed by atoms with van der Waals surface area (Å²) < 4.78 is 0.693. The van der Waals surface area contributed by atoms with Gasteiger partial charge in [-0.05, 0) is 32.4 Å². The van der Waals surface area contributed by atoms with E-state index < -0.39 is 0 Å². The Morgan fingerprint density at radius 2 is 2.25 bits per heavy atom. The van der Waals surface area contributed by atoms with Gasteiger partial charge in [-0.15, -0.1) is 11.3 Å². The molecule has 1 rings (SSSR count). The summed E-state index contributed by atoms with van der Waals surface area (Å²) in [4.78, 5) is 12.8. The molecule has 0 radical (unpaired) electrons. The van der Waals surface area contributed by atoms with Gasteiger partial charge in [0.05, 0.1) is 10.3 Å². The molecule has 0 bridgehead atoms. The number of amides is 1. The van der Waals surface area contributed by atoms with Crippen LogP contribution in [0.15, 0.2) is 12.1 Å². The van der Waals surface area contributed by atoms with E-state index in [2.05, 4.69) is 5.32 Å². The lowest BCUT2D eigenvalue weighted by molar-refractivity contribution is -0.122. The number of carbonyl (C=O) groups excluding carboxylic acids is 1. The molecule has 0 fully saturated rings. The van der Waals surface area contributed by atoms with Crippen molar-refractivity contribution in [3.8, 4) is 0 Å². The fraction of sp³-hybridized carbons (Fsp3) is 0.545. The summed E-state index contributed by atoms with van der Waals surface area (Å²) in [7, 11) is 0. The van der Waals surface area contributed by atoms with E-state index in [1.54, 1.807) is 6.07 Å². The smallest absolute Gasteiger partial charge is 0.228 e. The number of aliphatic hydroxyl groups is 1. The van der Waals surface area contributed by atoms with Crippen LogP contribution in [-0.4, -0.2) is 23.7 Å². The molecular weight excluding hydrogens is 246 g/mol. The molecule has 1 aromatic heterocycles. The second kappa shape index (κ2) is 6.23. The van der Waals surface area contributed by atoms with Gasteiger partial charge in [0.2, 0.25) is 5.91 Å². The molecule has 1 aromatic rings. The van der Waals surface area contributed by atoms with Gasteiger partial charge in [-0.2, -0.15) is 0 Å². The van der Waals surface area contributed by atoms with Gasteiger partial charge in [0, 0.05) is 17.5 Å². The highest BCUT2D eigenvalue weighted by Crippen LogP contribution is 2.28. The van der Waals surface area contributed by atoms with Gasteiger partial charge in [0.1, 0.15) is 0 Å². The van der Waals surface area contributed by atoms with Crippen molar-refractivity contribution >= 4 is 28.8 Å². The number of hydrogen-bond acceptors (Lipinski definition) is 3. The molecule has 0 aliphatic carbocycles. The second-order valence-electron chi connectivity index (χ2n) is 3.79. The van der Waals surface area contributed by atoms with Crippen molar-refractivity contribution in [3.05, 3.63) is 21.3 Å². The van der Waals surface area contributed by atoms with Crippen molar-refractivity contribution in [1.82, 2.24) is 5.32 Å². The van der Waals surface area contributed by atoms with E-state index >= 15 is 0 Å². The van der Waals surface area contributed by atoms with E-state index in [0.717, 1.165) is 4.88 Å². The van der Waals surface area contributed by atoms with Crippen LogP contribution < -0.4 is 5.32 Å². The number of rotatable bonds is 5. The first-order valence-electron chi connectivity index (χ1n) is 5.21. The maximum atomic E-state index is 11.8. The first-order chi connectivity index (χ1) is 7.54. The average molecular weight is 262 g/mol. The van der Waals surface area contributed by atoms with Crippen molar-refractivity contribution in [1.29, 1.82) is 0 Å².